The van der Waals surface area contributed by atoms with Crippen LogP contribution in [-0.4, -0.2) is 24.4 Å². The topological polar surface area (TPSA) is 58.2 Å². The number of carbonyl (C=O) groups is 2. The van der Waals surface area contributed by atoms with Crippen molar-refractivity contribution in [1.29, 1.82) is 0 Å². The van der Waals surface area contributed by atoms with Crippen molar-refractivity contribution >= 4 is 11.8 Å². The molecule has 1 unspecified atom stereocenters. The predicted octanol–water partition coefficient (Wildman–Crippen LogP) is 3.84. The molecule has 0 bridgehead atoms. The lowest BCUT2D eigenvalue weighted by molar-refractivity contribution is 0.0939. The van der Waals surface area contributed by atoms with E-state index < -0.39 is 0 Å². The molecule has 0 spiro atoms. The minimum absolute atomic E-state index is 0.121. The van der Waals surface area contributed by atoms with Crippen LogP contribution in [0.3, 0.4) is 0 Å². The fourth-order valence-electron chi connectivity index (χ4n) is 2.78. The zero-order valence-corrected chi connectivity index (χ0v) is 14.7. The van der Waals surface area contributed by atoms with Gasteiger partial charge in [0.15, 0.2) is 0 Å². The van der Waals surface area contributed by atoms with Crippen LogP contribution in [0.2, 0.25) is 0 Å². The molecular formula is C20H28N2O2. The molecule has 1 aromatic rings. The first-order valence-electron chi connectivity index (χ1n) is 8.97. The van der Waals surface area contributed by atoms with Crippen LogP contribution in [0.25, 0.3) is 0 Å². The second-order valence-corrected chi connectivity index (χ2v) is 6.48. The molecule has 0 saturated carbocycles. The van der Waals surface area contributed by atoms with Crippen LogP contribution >= 0.6 is 0 Å². The van der Waals surface area contributed by atoms with Gasteiger partial charge in [-0.15, -0.1) is 0 Å². The Labute approximate surface area is 144 Å². The Balaban J connectivity index is 1.88. The van der Waals surface area contributed by atoms with E-state index in [0.29, 0.717) is 17.7 Å². The Bertz CT molecular complexity index is 607. The molecule has 0 radical (unpaired) electrons. The molecule has 0 aliphatic heterocycles. The molecule has 4 heteroatoms. The summed E-state index contributed by atoms with van der Waals surface area (Å²) < 4.78 is 0. The quantitative estimate of drug-likeness (QED) is 0.747. The lowest BCUT2D eigenvalue weighted by Crippen LogP contribution is -2.32. The Hall–Kier alpha value is -2.10. The van der Waals surface area contributed by atoms with Crippen LogP contribution in [0.1, 0.15) is 73.1 Å². The SMILES string of the molecule is CCC(C)NC(=O)c1cccc(C(=O)NCCC2=CCCCC2)c1. The third-order valence-corrected chi connectivity index (χ3v) is 4.49. The summed E-state index contributed by atoms with van der Waals surface area (Å²) in [6.07, 6.45) is 8.95. The normalized spacial score (nSPS) is 15.3. The first kappa shape index (κ1) is 18.2. The van der Waals surface area contributed by atoms with Gasteiger partial charge in [-0.2, -0.15) is 0 Å². The van der Waals surface area contributed by atoms with Crippen LogP contribution in [-0.2, 0) is 0 Å². The lowest BCUT2D eigenvalue weighted by atomic mass is 9.97. The number of carbonyl (C=O) groups excluding carboxylic acids is 2. The summed E-state index contributed by atoms with van der Waals surface area (Å²) in [6, 6.07) is 7.02. The Kier molecular flexibility index (Phi) is 7.04. The summed E-state index contributed by atoms with van der Waals surface area (Å²) >= 11 is 0. The van der Waals surface area contributed by atoms with Crippen LogP contribution in [0.4, 0.5) is 0 Å². The van der Waals surface area contributed by atoms with Gasteiger partial charge >= 0.3 is 0 Å². The average molecular weight is 328 g/mol. The minimum atomic E-state index is -0.133. The molecule has 1 aliphatic carbocycles. The van der Waals surface area contributed by atoms with Gasteiger partial charge in [0.2, 0.25) is 0 Å². The average Bonchev–Trinajstić information content (AvgIpc) is 2.62. The molecule has 4 nitrogen and oxygen atoms in total. The summed E-state index contributed by atoms with van der Waals surface area (Å²) in [5.74, 6) is -0.254. The van der Waals surface area contributed by atoms with Gasteiger partial charge in [0.25, 0.3) is 11.8 Å². The predicted molar refractivity (Wildman–Crippen MR) is 97.2 cm³/mol. The van der Waals surface area contributed by atoms with E-state index in [1.807, 2.05) is 13.8 Å². The van der Waals surface area contributed by atoms with Crippen LogP contribution in [0.15, 0.2) is 35.9 Å². The summed E-state index contributed by atoms with van der Waals surface area (Å²) in [5.41, 5.74) is 2.51. The fraction of sp³-hybridized carbons (Fsp3) is 0.500. The largest absolute Gasteiger partial charge is 0.352 e. The highest BCUT2D eigenvalue weighted by Crippen LogP contribution is 2.19. The molecule has 2 rings (SSSR count). The van der Waals surface area contributed by atoms with Crippen molar-refractivity contribution in [2.75, 3.05) is 6.54 Å². The molecule has 24 heavy (non-hydrogen) atoms. The van der Waals surface area contributed by atoms with Crippen LogP contribution < -0.4 is 10.6 Å². The van der Waals surface area contributed by atoms with Crippen LogP contribution in [0.5, 0.6) is 0 Å². The van der Waals surface area contributed by atoms with E-state index in [9.17, 15) is 9.59 Å². The number of benzene rings is 1. The number of amides is 2. The first-order valence-corrected chi connectivity index (χ1v) is 8.97. The van der Waals surface area contributed by atoms with Crippen molar-refractivity contribution in [3.05, 3.63) is 47.0 Å². The second-order valence-electron chi connectivity index (χ2n) is 6.48. The van der Waals surface area contributed by atoms with Gasteiger partial charge in [-0.3, -0.25) is 9.59 Å². The summed E-state index contributed by atoms with van der Waals surface area (Å²) in [6.45, 7) is 4.64. The maximum atomic E-state index is 12.3. The van der Waals surface area contributed by atoms with Gasteiger partial charge < -0.3 is 10.6 Å². The van der Waals surface area contributed by atoms with Crippen molar-refractivity contribution in [2.24, 2.45) is 0 Å². The highest BCUT2D eigenvalue weighted by molar-refractivity contribution is 5.99. The van der Waals surface area contributed by atoms with E-state index in [1.165, 1.54) is 18.4 Å². The van der Waals surface area contributed by atoms with Crippen LogP contribution in [0, 0.1) is 0 Å². The van der Waals surface area contributed by atoms with E-state index in [4.69, 9.17) is 0 Å². The minimum Gasteiger partial charge on any atom is -0.352 e. The van der Waals surface area contributed by atoms with Crippen molar-refractivity contribution < 1.29 is 9.59 Å². The summed E-state index contributed by atoms with van der Waals surface area (Å²) in [5, 5.41) is 5.87. The van der Waals surface area contributed by atoms with Gasteiger partial charge in [-0.05, 0) is 63.6 Å². The Morgan fingerprint density at radius 2 is 1.92 bits per heavy atom. The van der Waals surface area contributed by atoms with Gasteiger partial charge in [0.05, 0.1) is 0 Å². The van der Waals surface area contributed by atoms with E-state index in [2.05, 4.69) is 16.7 Å². The third kappa shape index (κ3) is 5.52. The molecule has 1 aliphatic rings. The van der Waals surface area contributed by atoms with Crippen molar-refractivity contribution in [2.45, 2.75) is 58.4 Å². The Morgan fingerprint density at radius 3 is 2.58 bits per heavy atom. The van der Waals surface area contributed by atoms with Gasteiger partial charge in [0, 0.05) is 23.7 Å². The molecule has 0 aromatic heterocycles. The molecule has 2 N–H and O–H groups in total. The third-order valence-electron chi connectivity index (χ3n) is 4.49. The first-order chi connectivity index (χ1) is 11.6. The number of nitrogens with one attached hydrogen (secondary N) is 2. The monoisotopic (exact) mass is 328 g/mol. The zero-order chi connectivity index (χ0) is 17.4. The molecule has 1 atom stereocenters. The van der Waals surface area contributed by atoms with Crippen molar-refractivity contribution in [3.8, 4) is 0 Å². The van der Waals surface area contributed by atoms with Gasteiger partial charge in [-0.25, -0.2) is 0 Å². The molecular weight excluding hydrogens is 300 g/mol. The van der Waals surface area contributed by atoms with Gasteiger partial charge in [-0.1, -0.05) is 24.6 Å². The van der Waals surface area contributed by atoms with Gasteiger partial charge in [0.1, 0.15) is 0 Å². The molecule has 0 heterocycles. The molecule has 130 valence electrons. The van der Waals surface area contributed by atoms with Crippen molar-refractivity contribution in [3.63, 3.8) is 0 Å². The number of allylic oxidation sites excluding steroid dienone is 1. The van der Waals surface area contributed by atoms with E-state index in [-0.39, 0.29) is 17.9 Å². The molecule has 0 fully saturated rings. The zero-order valence-electron chi connectivity index (χ0n) is 14.7. The highest BCUT2D eigenvalue weighted by Gasteiger charge is 2.12. The van der Waals surface area contributed by atoms with E-state index in [0.717, 1.165) is 25.7 Å². The number of hydrogen-bond acceptors (Lipinski definition) is 2. The summed E-state index contributed by atoms with van der Waals surface area (Å²) in [4.78, 5) is 24.4. The molecule has 0 saturated heterocycles. The van der Waals surface area contributed by atoms with E-state index in [1.54, 1.807) is 24.3 Å². The molecule has 2 amide bonds. The maximum Gasteiger partial charge on any atom is 0.251 e. The lowest BCUT2D eigenvalue weighted by Gasteiger charge is -2.13. The van der Waals surface area contributed by atoms with Crippen molar-refractivity contribution in [1.82, 2.24) is 10.6 Å². The summed E-state index contributed by atoms with van der Waals surface area (Å²) in [7, 11) is 0. The van der Waals surface area contributed by atoms with E-state index >= 15 is 0 Å². The second kappa shape index (κ2) is 9.26. The maximum absolute atomic E-state index is 12.3. The fourth-order valence-corrected chi connectivity index (χ4v) is 2.78. The smallest absolute Gasteiger partial charge is 0.251 e. The molecule has 1 aromatic carbocycles. The number of rotatable bonds is 7. The highest BCUT2D eigenvalue weighted by atomic mass is 16.2. The number of hydrogen-bond donors (Lipinski definition) is 2. The standard InChI is InChI=1S/C20H28N2O2/c1-3-15(2)22-20(24)18-11-7-10-17(14-18)19(23)21-13-12-16-8-5-4-6-9-16/h7-8,10-11,14-15H,3-6,9,12-13H2,1-2H3,(H,21,23)(H,22,24). The Morgan fingerprint density at radius 1 is 1.17 bits per heavy atom.